The Labute approximate surface area is 76.3 Å². The van der Waals surface area contributed by atoms with Gasteiger partial charge in [-0.05, 0) is 20.8 Å². The van der Waals surface area contributed by atoms with Crippen molar-refractivity contribution in [3.63, 3.8) is 0 Å². The van der Waals surface area contributed by atoms with Gasteiger partial charge in [0.15, 0.2) is 0 Å². The maximum Gasteiger partial charge on any atom is 0.578 e. The molecule has 0 spiro atoms. The van der Waals surface area contributed by atoms with Gasteiger partial charge in [0.1, 0.15) is 0 Å². The molecule has 0 aromatic heterocycles. The lowest BCUT2D eigenvalue weighted by Crippen LogP contribution is -2.30. The van der Waals surface area contributed by atoms with Gasteiger partial charge < -0.3 is 13.3 Å². The third-order valence-electron chi connectivity index (χ3n) is 1.14. The molecule has 0 amide bonds. The van der Waals surface area contributed by atoms with Crippen molar-refractivity contribution < 1.29 is 13.3 Å². The minimum absolute atomic E-state index is 0.00279. The molecule has 0 aliphatic carbocycles. The van der Waals surface area contributed by atoms with E-state index in [9.17, 15) is 0 Å². The molecular weight excluding hydrogens is 172 g/mol. The molecule has 0 rings (SSSR count). The third kappa shape index (κ3) is 5.48. The van der Waals surface area contributed by atoms with Crippen molar-refractivity contribution in [2.75, 3.05) is 13.2 Å². The molecule has 71 valence electrons. The van der Waals surface area contributed by atoms with Gasteiger partial charge in [-0.3, -0.25) is 0 Å². The molecule has 3 nitrogen and oxygen atoms in total. The molecule has 0 aromatic carbocycles. The number of hydrogen-bond donors (Lipinski definition) is 0. The molecule has 0 aliphatic heterocycles. The van der Waals surface area contributed by atoms with Gasteiger partial charge in [0.05, 0.1) is 6.10 Å². The summed E-state index contributed by atoms with van der Waals surface area (Å²) in [4.78, 5) is 0. The van der Waals surface area contributed by atoms with Crippen LogP contribution < -0.4 is 0 Å². The van der Waals surface area contributed by atoms with E-state index >= 15 is 0 Å². The molecule has 0 aromatic rings. The summed E-state index contributed by atoms with van der Waals surface area (Å²) >= 11 is 0. The monoisotopic (exact) mass is 189 g/mol. The maximum atomic E-state index is 5.42. The average Bonchev–Trinajstić information content (AvgIpc) is 2.05. The van der Waals surface area contributed by atoms with Gasteiger partial charge in [-0.1, -0.05) is 6.08 Å². The van der Waals surface area contributed by atoms with E-state index in [0.29, 0.717) is 13.2 Å². The summed E-state index contributed by atoms with van der Waals surface area (Å²) in [6, 6.07) is 0. The van der Waals surface area contributed by atoms with Crippen LogP contribution in [0.3, 0.4) is 0 Å². The predicted molar refractivity (Wildman–Crippen MR) is 49.8 cm³/mol. The molecule has 0 aliphatic rings. The van der Waals surface area contributed by atoms with Gasteiger partial charge in [-0.2, -0.15) is 0 Å². The molecule has 0 saturated heterocycles. The molecule has 1 atom stereocenters. The highest BCUT2D eigenvalue weighted by atomic mass is 28.3. The minimum Gasteiger partial charge on any atom is -0.371 e. The summed E-state index contributed by atoms with van der Waals surface area (Å²) in [6.45, 7) is 10.6. The van der Waals surface area contributed by atoms with Gasteiger partial charge in [0, 0.05) is 13.2 Å². The summed E-state index contributed by atoms with van der Waals surface area (Å²) < 4.78 is 15.9. The summed E-state index contributed by atoms with van der Waals surface area (Å²) in [5.74, 6) is 0. The van der Waals surface area contributed by atoms with Crippen molar-refractivity contribution >= 4 is 9.53 Å². The Kier molecular flexibility index (Phi) is 7.38. The smallest absolute Gasteiger partial charge is 0.371 e. The van der Waals surface area contributed by atoms with Gasteiger partial charge in [-0.15, -0.1) is 6.58 Å². The fourth-order valence-corrected chi connectivity index (χ4v) is 1.64. The lowest BCUT2D eigenvalue weighted by Gasteiger charge is -2.15. The highest BCUT2D eigenvalue weighted by Crippen LogP contribution is 1.98. The molecule has 0 heterocycles. The number of rotatable bonds is 7. The van der Waals surface area contributed by atoms with Gasteiger partial charge in [-0.25, -0.2) is 0 Å². The fourth-order valence-electron chi connectivity index (χ4n) is 0.545. The van der Waals surface area contributed by atoms with Crippen LogP contribution in [0.5, 0.6) is 0 Å². The van der Waals surface area contributed by atoms with Gasteiger partial charge in [0.25, 0.3) is 0 Å². The summed E-state index contributed by atoms with van der Waals surface area (Å²) in [5, 5.41) is 0. The largest absolute Gasteiger partial charge is 0.578 e. The van der Waals surface area contributed by atoms with Crippen LogP contribution in [-0.2, 0) is 13.3 Å². The Morgan fingerprint density at radius 1 is 1.33 bits per heavy atom. The van der Waals surface area contributed by atoms with Crippen LogP contribution in [0.15, 0.2) is 12.7 Å². The van der Waals surface area contributed by atoms with E-state index in [1.54, 1.807) is 6.08 Å². The zero-order valence-electron chi connectivity index (χ0n) is 8.00. The normalized spacial score (nSPS) is 13.3. The molecule has 0 saturated carbocycles. The van der Waals surface area contributed by atoms with Crippen LogP contribution in [-0.4, -0.2) is 28.8 Å². The predicted octanol–water partition coefficient (Wildman–Crippen LogP) is 1.64. The first-order chi connectivity index (χ1) is 5.74. The first-order valence-electron chi connectivity index (χ1n) is 4.16. The maximum absolute atomic E-state index is 5.42. The lowest BCUT2D eigenvalue weighted by molar-refractivity contribution is 0.0862. The Hall–Kier alpha value is -0.163. The molecule has 0 fully saturated rings. The van der Waals surface area contributed by atoms with Crippen molar-refractivity contribution in [2.45, 2.75) is 26.9 Å². The van der Waals surface area contributed by atoms with Crippen LogP contribution in [0.1, 0.15) is 20.8 Å². The zero-order chi connectivity index (χ0) is 9.40. The van der Waals surface area contributed by atoms with Crippen LogP contribution in [0, 0.1) is 0 Å². The van der Waals surface area contributed by atoms with Crippen molar-refractivity contribution in [1.82, 2.24) is 0 Å². The summed E-state index contributed by atoms with van der Waals surface area (Å²) in [6.07, 6.45) is 1.72. The molecule has 1 radical (unpaired) electrons. The lowest BCUT2D eigenvalue weighted by atomic mass is 10.4. The van der Waals surface area contributed by atoms with E-state index in [0.717, 1.165) is 0 Å². The second-order valence-corrected chi connectivity index (χ2v) is 3.49. The van der Waals surface area contributed by atoms with Crippen molar-refractivity contribution in [2.24, 2.45) is 0 Å². The van der Waals surface area contributed by atoms with Gasteiger partial charge >= 0.3 is 9.53 Å². The Balaban J connectivity index is 3.68. The van der Waals surface area contributed by atoms with E-state index < -0.39 is 9.53 Å². The van der Waals surface area contributed by atoms with E-state index in [-0.39, 0.29) is 6.10 Å². The molecule has 4 heteroatoms. The first-order valence-corrected chi connectivity index (χ1v) is 5.38. The standard InChI is InChI=1S/C8H17O3Si/c1-5-8(4)11-12(9-6-2)10-7-3/h5,8H,1,6-7H2,2-4H3. The fraction of sp³-hybridized carbons (Fsp3) is 0.750. The molecular formula is C8H17O3Si. The van der Waals surface area contributed by atoms with Gasteiger partial charge in [0.2, 0.25) is 0 Å². The molecule has 12 heavy (non-hydrogen) atoms. The topological polar surface area (TPSA) is 27.7 Å². The SMILES string of the molecule is C=CC(C)O[Si](OCC)OCC. The summed E-state index contributed by atoms with van der Waals surface area (Å²) in [7, 11) is -1.53. The Morgan fingerprint density at radius 3 is 2.17 bits per heavy atom. The third-order valence-corrected chi connectivity index (χ3v) is 2.75. The van der Waals surface area contributed by atoms with E-state index in [2.05, 4.69) is 6.58 Å². The highest BCUT2D eigenvalue weighted by Gasteiger charge is 2.19. The summed E-state index contributed by atoms with van der Waals surface area (Å²) in [5.41, 5.74) is 0. The van der Waals surface area contributed by atoms with E-state index in [4.69, 9.17) is 13.3 Å². The van der Waals surface area contributed by atoms with E-state index in [1.807, 2.05) is 20.8 Å². The molecule has 0 N–H and O–H groups in total. The first kappa shape index (κ1) is 11.8. The number of hydrogen-bond acceptors (Lipinski definition) is 3. The van der Waals surface area contributed by atoms with Crippen LogP contribution in [0.25, 0.3) is 0 Å². The Morgan fingerprint density at radius 2 is 1.83 bits per heavy atom. The Bertz CT molecular complexity index is 113. The second-order valence-electron chi connectivity index (χ2n) is 2.17. The highest BCUT2D eigenvalue weighted by molar-refractivity contribution is 6.36. The zero-order valence-corrected chi connectivity index (χ0v) is 9.00. The van der Waals surface area contributed by atoms with E-state index in [1.165, 1.54) is 0 Å². The second kappa shape index (κ2) is 7.48. The van der Waals surface area contributed by atoms with Crippen molar-refractivity contribution in [1.29, 1.82) is 0 Å². The average molecular weight is 189 g/mol. The van der Waals surface area contributed by atoms with Crippen LogP contribution in [0.4, 0.5) is 0 Å². The van der Waals surface area contributed by atoms with Crippen LogP contribution in [0.2, 0.25) is 0 Å². The minimum atomic E-state index is -1.53. The van der Waals surface area contributed by atoms with Crippen molar-refractivity contribution in [3.8, 4) is 0 Å². The van der Waals surface area contributed by atoms with Crippen LogP contribution >= 0.6 is 0 Å². The quantitative estimate of drug-likeness (QED) is 0.450. The molecule has 0 bridgehead atoms. The van der Waals surface area contributed by atoms with Crippen molar-refractivity contribution in [3.05, 3.63) is 12.7 Å². The molecule has 1 unspecified atom stereocenters.